The topological polar surface area (TPSA) is 17.8 Å². The Morgan fingerprint density at radius 3 is 2.26 bits per heavy atom. The molecule has 1 aromatic heterocycles. The molecule has 0 radical (unpaired) electrons. The molecule has 0 bridgehead atoms. The van der Waals surface area contributed by atoms with Crippen molar-refractivity contribution in [2.75, 3.05) is 0 Å². The standard InChI is InChI=1S/C17H28N2/c1-10(2)17-14-7-6-13-12(5)19(11(3)4)18-16(13)9-8-15(14)17/h10-11,14-15,17H,6-9H2,1-5H3. The van der Waals surface area contributed by atoms with Crippen LogP contribution in [0.25, 0.3) is 0 Å². The van der Waals surface area contributed by atoms with E-state index in [9.17, 15) is 0 Å². The van der Waals surface area contributed by atoms with Crippen molar-refractivity contribution >= 4 is 0 Å². The van der Waals surface area contributed by atoms with Gasteiger partial charge in [-0.05, 0) is 75.7 Å². The summed E-state index contributed by atoms with van der Waals surface area (Å²) in [7, 11) is 0. The van der Waals surface area contributed by atoms with Gasteiger partial charge in [-0.3, -0.25) is 4.68 Å². The molecule has 3 atom stereocenters. The van der Waals surface area contributed by atoms with Crippen LogP contribution in [0.4, 0.5) is 0 Å². The summed E-state index contributed by atoms with van der Waals surface area (Å²) in [6.07, 6.45) is 5.23. The van der Waals surface area contributed by atoms with Crippen molar-refractivity contribution < 1.29 is 0 Å². The van der Waals surface area contributed by atoms with Gasteiger partial charge in [0, 0.05) is 11.7 Å². The smallest absolute Gasteiger partial charge is 0.0659 e. The van der Waals surface area contributed by atoms with Gasteiger partial charge >= 0.3 is 0 Å². The Kier molecular flexibility index (Phi) is 3.23. The molecule has 0 amide bonds. The van der Waals surface area contributed by atoms with E-state index in [2.05, 4.69) is 39.3 Å². The van der Waals surface area contributed by atoms with Crippen LogP contribution >= 0.6 is 0 Å². The first kappa shape index (κ1) is 13.2. The summed E-state index contributed by atoms with van der Waals surface area (Å²) in [6, 6.07) is 0.492. The Hall–Kier alpha value is -0.790. The zero-order valence-electron chi connectivity index (χ0n) is 13.1. The molecular formula is C17H28N2. The van der Waals surface area contributed by atoms with Gasteiger partial charge in [0.1, 0.15) is 0 Å². The second kappa shape index (κ2) is 4.64. The van der Waals surface area contributed by atoms with E-state index in [1.165, 1.54) is 37.1 Å². The minimum absolute atomic E-state index is 0.492. The van der Waals surface area contributed by atoms with Gasteiger partial charge in [0.15, 0.2) is 0 Å². The van der Waals surface area contributed by atoms with Gasteiger partial charge in [0.05, 0.1) is 5.69 Å². The highest BCUT2D eigenvalue weighted by Crippen LogP contribution is 2.56. The summed E-state index contributed by atoms with van der Waals surface area (Å²) in [5, 5.41) is 4.89. The first-order chi connectivity index (χ1) is 9.00. The molecule has 1 saturated carbocycles. The van der Waals surface area contributed by atoms with Crippen LogP contribution in [0.5, 0.6) is 0 Å². The Morgan fingerprint density at radius 2 is 1.68 bits per heavy atom. The quantitative estimate of drug-likeness (QED) is 0.780. The van der Waals surface area contributed by atoms with E-state index in [0.29, 0.717) is 6.04 Å². The van der Waals surface area contributed by atoms with Gasteiger partial charge < -0.3 is 0 Å². The lowest BCUT2D eigenvalue weighted by atomic mass is 9.97. The van der Waals surface area contributed by atoms with Gasteiger partial charge in [-0.1, -0.05) is 13.8 Å². The van der Waals surface area contributed by atoms with Gasteiger partial charge in [-0.2, -0.15) is 5.10 Å². The van der Waals surface area contributed by atoms with E-state index in [0.717, 1.165) is 23.7 Å². The number of hydrogen-bond donors (Lipinski definition) is 0. The zero-order valence-corrected chi connectivity index (χ0v) is 13.1. The monoisotopic (exact) mass is 260 g/mol. The van der Waals surface area contributed by atoms with Crippen molar-refractivity contribution in [1.29, 1.82) is 0 Å². The second-order valence-electron chi connectivity index (χ2n) is 7.28. The molecular weight excluding hydrogens is 232 g/mol. The third-order valence-corrected chi connectivity index (χ3v) is 5.46. The number of hydrogen-bond acceptors (Lipinski definition) is 1. The fourth-order valence-corrected chi connectivity index (χ4v) is 4.53. The summed E-state index contributed by atoms with van der Waals surface area (Å²) in [5.74, 6) is 3.88. The fourth-order valence-electron chi connectivity index (χ4n) is 4.53. The van der Waals surface area contributed by atoms with E-state index in [-0.39, 0.29) is 0 Å². The van der Waals surface area contributed by atoms with Crippen LogP contribution in [0.15, 0.2) is 0 Å². The molecule has 3 rings (SSSR count). The lowest BCUT2D eigenvalue weighted by Gasteiger charge is -2.09. The molecule has 0 saturated heterocycles. The van der Waals surface area contributed by atoms with E-state index in [4.69, 9.17) is 5.10 Å². The van der Waals surface area contributed by atoms with E-state index < -0.39 is 0 Å². The Morgan fingerprint density at radius 1 is 1.05 bits per heavy atom. The molecule has 0 spiro atoms. The van der Waals surface area contributed by atoms with Crippen LogP contribution < -0.4 is 0 Å². The molecule has 1 aromatic rings. The highest BCUT2D eigenvalue weighted by Gasteiger charge is 2.50. The Bertz CT molecular complexity index is 470. The Labute approximate surface area is 117 Å². The maximum Gasteiger partial charge on any atom is 0.0659 e. The van der Waals surface area contributed by atoms with Crippen molar-refractivity contribution in [2.24, 2.45) is 23.7 Å². The number of nitrogens with zero attached hydrogens (tertiary/aromatic N) is 2. The van der Waals surface area contributed by atoms with Crippen molar-refractivity contribution in [3.05, 3.63) is 17.0 Å². The lowest BCUT2D eigenvalue weighted by molar-refractivity contribution is 0.486. The molecule has 106 valence electrons. The lowest BCUT2D eigenvalue weighted by Crippen LogP contribution is -2.05. The molecule has 0 aliphatic heterocycles. The molecule has 19 heavy (non-hydrogen) atoms. The summed E-state index contributed by atoms with van der Waals surface area (Å²) in [6.45, 7) is 11.5. The summed E-state index contributed by atoms with van der Waals surface area (Å²) >= 11 is 0. The number of aryl methyl sites for hydroxylation is 1. The molecule has 0 N–H and O–H groups in total. The average Bonchev–Trinajstić information content (AvgIpc) is 2.90. The molecule has 2 aliphatic rings. The fraction of sp³-hybridized carbons (Fsp3) is 0.824. The first-order valence-corrected chi connectivity index (χ1v) is 8.07. The van der Waals surface area contributed by atoms with Gasteiger partial charge in [0.2, 0.25) is 0 Å². The third kappa shape index (κ3) is 2.13. The Balaban J connectivity index is 1.82. The van der Waals surface area contributed by atoms with Gasteiger partial charge in [-0.15, -0.1) is 0 Å². The molecule has 2 nitrogen and oxygen atoms in total. The van der Waals surface area contributed by atoms with Crippen LogP contribution in [0.3, 0.4) is 0 Å². The van der Waals surface area contributed by atoms with Crippen LogP contribution in [0.2, 0.25) is 0 Å². The van der Waals surface area contributed by atoms with Crippen LogP contribution in [0.1, 0.15) is 63.5 Å². The van der Waals surface area contributed by atoms with E-state index in [1.807, 2.05) is 0 Å². The molecule has 3 unspecified atom stereocenters. The van der Waals surface area contributed by atoms with Crippen molar-refractivity contribution in [3.8, 4) is 0 Å². The molecule has 0 aromatic carbocycles. The average molecular weight is 260 g/mol. The largest absolute Gasteiger partial charge is 0.267 e. The molecule has 2 aliphatic carbocycles. The zero-order chi connectivity index (χ0) is 13.7. The highest BCUT2D eigenvalue weighted by molar-refractivity contribution is 5.28. The van der Waals surface area contributed by atoms with Crippen molar-refractivity contribution in [2.45, 2.75) is 66.3 Å². The maximum atomic E-state index is 4.89. The second-order valence-corrected chi connectivity index (χ2v) is 7.28. The number of rotatable bonds is 2. The number of fused-ring (bicyclic) bond motifs is 2. The van der Waals surface area contributed by atoms with Crippen LogP contribution in [-0.2, 0) is 12.8 Å². The minimum Gasteiger partial charge on any atom is -0.267 e. The van der Waals surface area contributed by atoms with Gasteiger partial charge in [0.25, 0.3) is 0 Å². The summed E-state index contributed by atoms with van der Waals surface area (Å²) < 4.78 is 2.24. The summed E-state index contributed by atoms with van der Waals surface area (Å²) in [4.78, 5) is 0. The SMILES string of the molecule is Cc1c2c(nn1C(C)C)CCC1C(CC2)C1C(C)C. The van der Waals surface area contributed by atoms with Crippen LogP contribution in [-0.4, -0.2) is 9.78 Å². The highest BCUT2D eigenvalue weighted by atomic mass is 15.3. The van der Waals surface area contributed by atoms with Crippen LogP contribution in [0, 0.1) is 30.6 Å². The predicted octanol–water partition coefficient (Wildman–Crippen LogP) is 4.17. The molecule has 1 fully saturated rings. The van der Waals surface area contributed by atoms with E-state index in [1.54, 1.807) is 5.56 Å². The predicted molar refractivity (Wildman–Crippen MR) is 79.3 cm³/mol. The van der Waals surface area contributed by atoms with Crippen molar-refractivity contribution in [3.63, 3.8) is 0 Å². The van der Waals surface area contributed by atoms with E-state index >= 15 is 0 Å². The molecule has 1 heterocycles. The third-order valence-electron chi connectivity index (χ3n) is 5.46. The summed E-state index contributed by atoms with van der Waals surface area (Å²) in [5.41, 5.74) is 4.39. The first-order valence-electron chi connectivity index (χ1n) is 8.07. The maximum absolute atomic E-state index is 4.89. The molecule has 2 heteroatoms. The van der Waals surface area contributed by atoms with Crippen molar-refractivity contribution in [1.82, 2.24) is 9.78 Å². The normalized spacial score (nSPS) is 29.9. The van der Waals surface area contributed by atoms with Gasteiger partial charge in [-0.25, -0.2) is 0 Å². The number of aromatic nitrogens is 2. The minimum atomic E-state index is 0.492.